The first kappa shape index (κ1) is 16.4. The van der Waals surface area contributed by atoms with Crippen LogP contribution in [0.3, 0.4) is 0 Å². The van der Waals surface area contributed by atoms with Gasteiger partial charge in [0.25, 0.3) is 0 Å². The van der Waals surface area contributed by atoms with Crippen LogP contribution >= 0.6 is 0 Å². The fourth-order valence-electron chi connectivity index (χ4n) is 4.69. The van der Waals surface area contributed by atoms with Gasteiger partial charge in [-0.3, -0.25) is 0 Å². The number of pyridine rings is 1. The van der Waals surface area contributed by atoms with Crippen LogP contribution in [0, 0.1) is 0 Å². The Kier molecular flexibility index (Phi) is 3.31. The van der Waals surface area contributed by atoms with Gasteiger partial charge in [0.1, 0.15) is 0 Å². The zero-order valence-corrected chi connectivity index (χ0v) is 17.8. The molecular weight excluding hydrogens is 431 g/mol. The number of hydrogen-bond donors (Lipinski definition) is 0. The van der Waals surface area contributed by atoms with Crippen LogP contribution in [0.15, 0.2) is 97.1 Å². The first-order chi connectivity index (χ1) is 14.9. The molecule has 140 valence electrons. The Bertz CT molecular complexity index is 1740. The van der Waals surface area contributed by atoms with E-state index >= 15 is 0 Å². The molecule has 7 rings (SSSR count). The molecule has 0 aliphatic rings. The van der Waals surface area contributed by atoms with Gasteiger partial charge in [0.15, 0.2) is 0 Å². The van der Waals surface area contributed by atoms with Gasteiger partial charge in [-0.1, -0.05) is 0 Å². The van der Waals surface area contributed by atoms with E-state index in [1.54, 1.807) is 0 Å². The normalized spacial score (nSPS) is 12.0. The Balaban J connectivity index is 1.90. The van der Waals surface area contributed by atoms with E-state index in [2.05, 4.69) is 102 Å². The fraction of sp³-hybridized carbons (Fsp3) is 0. The first-order valence-corrected chi connectivity index (χ1v) is 11.8. The average molecular weight is 447 g/mol. The molecule has 0 amide bonds. The molecule has 0 radical (unpaired) electrons. The maximum atomic E-state index is 5.21. The summed E-state index contributed by atoms with van der Waals surface area (Å²) in [6.45, 7) is 0. The Morgan fingerprint density at radius 1 is 0.633 bits per heavy atom. The maximum absolute atomic E-state index is 5.21. The van der Waals surface area contributed by atoms with Gasteiger partial charge in [-0.25, -0.2) is 0 Å². The molecule has 0 bridgehead atoms. The van der Waals surface area contributed by atoms with E-state index in [1.807, 2.05) is 0 Å². The molecule has 0 fully saturated rings. The topological polar surface area (TPSA) is 17.8 Å². The SMILES string of the molecule is c1ccc(-n2c3cc4ccccc4nc3c3cccc4[se]c5cccc2c5c43)cc1. The number of nitrogens with zero attached hydrogens (tertiary/aromatic N) is 2. The van der Waals surface area contributed by atoms with Crippen molar-refractivity contribution in [1.82, 2.24) is 9.55 Å². The molecule has 7 aromatic rings. The monoisotopic (exact) mass is 448 g/mol. The number of para-hydroxylation sites is 2. The summed E-state index contributed by atoms with van der Waals surface area (Å²) in [5.74, 6) is 0. The molecule has 0 saturated heterocycles. The van der Waals surface area contributed by atoms with Crippen molar-refractivity contribution in [3.8, 4) is 5.69 Å². The van der Waals surface area contributed by atoms with Crippen molar-refractivity contribution in [2.75, 3.05) is 0 Å². The van der Waals surface area contributed by atoms with Gasteiger partial charge in [0.05, 0.1) is 0 Å². The summed E-state index contributed by atoms with van der Waals surface area (Å²) in [6, 6.07) is 34.9. The Morgan fingerprint density at radius 3 is 2.30 bits per heavy atom. The Morgan fingerprint density at radius 2 is 1.40 bits per heavy atom. The second-order valence-electron chi connectivity index (χ2n) is 7.65. The van der Waals surface area contributed by atoms with Crippen molar-refractivity contribution >= 4 is 66.6 Å². The molecule has 0 unspecified atom stereocenters. The predicted octanol–water partition coefficient (Wildman–Crippen LogP) is 6.70. The molecule has 0 spiro atoms. The van der Waals surface area contributed by atoms with Crippen LogP contribution in [0.4, 0.5) is 0 Å². The average Bonchev–Trinajstić information content (AvgIpc) is 3.13. The van der Waals surface area contributed by atoms with Crippen molar-refractivity contribution in [1.29, 1.82) is 0 Å². The van der Waals surface area contributed by atoms with Gasteiger partial charge in [0.2, 0.25) is 0 Å². The molecule has 0 N–H and O–H groups in total. The van der Waals surface area contributed by atoms with Crippen LogP contribution in [0.5, 0.6) is 0 Å². The van der Waals surface area contributed by atoms with Crippen LogP contribution in [0.2, 0.25) is 0 Å². The summed E-state index contributed by atoms with van der Waals surface area (Å²) in [4.78, 5) is 5.21. The van der Waals surface area contributed by atoms with Crippen molar-refractivity contribution < 1.29 is 0 Å². The summed E-state index contributed by atoms with van der Waals surface area (Å²) >= 11 is 0.327. The number of aromatic nitrogens is 2. The summed E-state index contributed by atoms with van der Waals surface area (Å²) in [6.07, 6.45) is 0. The third-order valence-electron chi connectivity index (χ3n) is 5.96. The van der Waals surface area contributed by atoms with Crippen LogP contribution in [0.25, 0.3) is 57.8 Å². The van der Waals surface area contributed by atoms with Crippen LogP contribution < -0.4 is 0 Å². The molecule has 0 atom stereocenters. The van der Waals surface area contributed by atoms with Gasteiger partial charge in [0, 0.05) is 0 Å². The van der Waals surface area contributed by atoms with Crippen LogP contribution in [0.1, 0.15) is 0 Å². The van der Waals surface area contributed by atoms with E-state index in [4.69, 9.17) is 4.98 Å². The van der Waals surface area contributed by atoms with Crippen molar-refractivity contribution in [2.24, 2.45) is 0 Å². The number of benzene rings is 4. The van der Waals surface area contributed by atoms with E-state index in [1.165, 1.54) is 30.2 Å². The molecule has 0 aliphatic carbocycles. The zero-order chi connectivity index (χ0) is 19.7. The van der Waals surface area contributed by atoms with E-state index < -0.39 is 0 Å². The van der Waals surface area contributed by atoms with E-state index in [0.29, 0.717) is 14.5 Å². The zero-order valence-electron chi connectivity index (χ0n) is 16.0. The summed E-state index contributed by atoms with van der Waals surface area (Å²) in [7, 11) is 0. The van der Waals surface area contributed by atoms with Crippen molar-refractivity contribution in [3.05, 3.63) is 97.1 Å². The number of hydrogen-bond acceptors (Lipinski definition) is 1. The second-order valence-corrected chi connectivity index (χ2v) is 9.92. The first-order valence-electron chi connectivity index (χ1n) is 10.1. The van der Waals surface area contributed by atoms with Crippen LogP contribution in [-0.4, -0.2) is 24.1 Å². The molecular formula is C27H16N2Se. The van der Waals surface area contributed by atoms with Gasteiger partial charge < -0.3 is 0 Å². The Labute approximate surface area is 178 Å². The third kappa shape index (κ3) is 2.16. The minimum atomic E-state index is 0.327. The van der Waals surface area contributed by atoms with Crippen LogP contribution in [-0.2, 0) is 0 Å². The quantitative estimate of drug-likeness (QED) is 0.256. The van der Waals surface area contributed by atoms with Gasteiger partial charge in [-0.05, 0) is 0 Å². The minimum absolute atomic E-state index is 0.327. The molecule has 2 nitrogen and oxygen atoms in total. The molecule has 4 aromatic carbocycles. The van der Waals surface area contributed by atoms with Gasteiger partial charge in [-0.2, -0.15) is 0 Å². The van der Waals surface area contributed by atoms with E-state index in [-0.39, 0.29) is 0 Å². The molecule has 0 aliphatic heterocycles. The molecule has 3 heterocycles. The molecule has 30 heavy (non-hydrogen) atoms. The fourth-order valence-corrected chi connectivity index (χ4v) is 7.11. The summed E-state index contributed by atoms with van der Waals surface area (Å²) in [5, 5.41) is 5.18. The van der Waals surface area contributed by atoms with E-state index in [0.717, 1.165) is 27.6 Å². The standard InChI is InChI=1S/C27H16N2Se/c1-2-9-18(10-3-1)29-21-13-7-15-24-26(21)25-19(11-6-14-23(25)30-24)27-22(29)16-17-8-4-5-12-20(17)28-27/h1-16H. The number of fused-ring (bicyclic) bond motifs is 3. The second kappa shape index (κ2) is 6.06. The Hall–Kier alpha value is -3.39. The number of rotatable bonds is 1. The van der Waals surface area contributed by atoms with Crippen molar-refractivity contribution in [2.45, 2.75) is 0 Å². The summed E-state index contributed by atoms with van der Waals surface area (Å²) in [5.41, 5.74) is 5.66. The molecule has 3 aromatic heterocycles. The van der Waals surface area contributed by atoms with Crippen molar-refractivity contribution in [3.63, 3.8) is 0 Å². The third-order valence-corrected chi connectivity index (χ3v) is 8.31. The summed E-state index contributed by atoms with van der Waals surface area (Å²) < 4.78 is 5.32. The van der Waals surface area contributed by atoms with E-state index in [9.17, 15) is 0 Å². The van der Waals surface area contributed by atoms with Gasteiger partial charge in [-0.15, -0.1) is 0 Å². The molecule has 0 saturated carbocycles. The molecule has 3 heteroatoms. The predicted molar refractivity (Wildman–Crippen MR) is 128 cm³/mol. The van der Waals surface area contributed by atoms with Gasteiger partial charge >= 0.3 is 179 Å².